The summed E-state index contributed by atoms with van der Waals surface area (Å²) in [7, 11) is 0. The Morgan fingerprint density at radius 1 is 1.45 bits per heavy atom. The summed E-state index contributed by atoms with van der Waals surface area (Å²) in [5.74, 6) is 0.828. The van der Waals surface area contributed by atoms with Crippen molar-refractivity contribution in [2.75, 3.05) is 13.2 Å². The van der Waals surface area contributed by atoms with Gasteiger partial charge in [-0.15, -0.1) is 12.4 Å². The van der Waals surface area contributed by atoms with E-state index in [1.807, 2.05) is 0 Å². The predicted molar refractivity (Wildman–Crippen MR) is 49.1 cm³/mol. The van der Waals surface area contributed by atoms with Crippen molar-refractivity contribution < 1.29 is 4.74 Å². The number of rotatable bonds is 2. The van der Waals surface area contributed by atoms with Gasteiger partial charge < -0.3 is 10.5 Å². The molecule has 1 saturated heterocycles. The molecule has 11 heavy (non-hydrogen) atoms. The highest BCUT2D eigenvalue weighted by atomic mass is 35.5. The van der Waals surface area contributed by atoms with E-state index in [4.69, 9.17) is 10.5 Å². The van der Waals surface area contributed by atoms with Gasteiger partial charge in [0.1, 0.15) is 0 Å². The zero-order valence-corrected chi connectivity index (χ0v) is 7.90. The Hall–Kier alpha value is 0.210. The fourth-order valence-electron chi connectivity index (χ4n) is 1.51. The first-order valence-corrected chi connectivity index (χ1v) is 4.12. The molecule has 1 aliphatic heterocycles. The van der Waals surface area contributed by atoms with E-state index in [1.54, 1.807) is 0 Å². The Morgan fingerprint density at radius 3 is 2.45 bits per heavy atom. The fraction of sp³-hybridized carbons (Fsp3) is 1.00. The first-order valence-electron chi connectivity index (χ1n) is 4.12. The lowest BCUT2D eigenvalue weighted by molar-refractivity contribution is 0.0624. The van der Waals surface area contributed by atoms with Crippen molar-refractivity contribution in [1.29, 1.82) is 0 Å². The van der Waals surface area contributed by atoms with Crippen LogP contribution in [0.2, 0.25) is 0 Å². The number of ether oxygens (including phenoxy) is 1. The summed E-state index contributed by atoms with van der Waals surface area (Å²) >= 11 is 0. The van der Waals surface area contributed by atoms with E-state index in [1.165, 1.54) is 19.3 Å². The van der Waals surface area contributed by atoms with Gasteiger partial charge in [-0.05, 0) is 32.1 Å². The monoisotopic (exact) mass is 179 g/mol. The maximum Gasteiger partial charge on any atom is 0.0468 e. The number of hydrogen-bond donors (Lipinski definition) is 1. The SMILES string of the molecule is CC(N)CC1CCOCC1.Cl. The van der Waals surface area contributed by atoms with Crippen LogP contribution in [0.3, 0.4) is 0 Å². The first kappa shape index (κ1) is 11.2. The van der Waals surface area contributed by atoms with Gasteiger partial charge in [0, 0.05) is 19.3 Å². The van der Waals surface area contributed by atoms with Crippen LogP contribution < -0.4 is 5.73 Å². The van der Waals surface area contributed by atoms with Gasteiger partial charge in [-0.2, -0.15) is 0 Å². The Morgan fingerprint density at radius 2 is 2.00 bits per heavy atom. The molecule has 2 nitrogen and oxygen atoms in total. The third-order valence-electron chi connectivity index (χ3n) is 2.05. The van der Waals surface area contributed by atoms with Gasteiger partial charge in [-0.1, -0.05) is 0 Å². The Labute approximate surface area is 74.9 Å². The van der Waals surface area contributed by atoms with Crippen LogP contribution in [0.5, 0.6) is 0 Å². The van der Waals surface area contributed by atoms with Crippen molar-refractivity contribution in [1.82, 2.24) is 0 Å². The number of hydrogen-bond acceptors (Lipinski definition) is 2. The third-order valence-corrected chi connectivity index (χ3v) is 2.05. The molecule has 0 aromatic heterocycles. The van der Waals surface area contributed by atoms with Crippen LogP contribution in [-0.2, 0) is 4.74 Å². The highest BCUT2D eigenvalue weighted by molar-refractivity contribution is 5.85. The summed E-state index contributed by atoms with van der Waals surface area (Å²) in [5, 5.41) is 0. The van der Waals surface area contributed by atoms with Gasteiger partial charge in [0.25, 0.3) is 0 Å². The Bertz CT molecular complexity index is 92.1. The van der Waals surface area contributed by atoms with E-state index in [0.29, 0.717) is 6.04 Å². The second kappa shape index (κ2) is 5.81. The molecule has 0 radical (unpaired) electrons. The van der Waals surface area contributed by atoms with Gasteiger partial charge in [0.05, 0.1) is 0 Å². The van der Waals surface area contributed by atoms with Gasteiger partial charge in [0.15, 0.2) is 0 Å². The quantitative estimate of drug-likeness (QED) is 0.699. The average molecular weight is 180 g/mol. The largest absolute Gasteiger partial charge is 0.381 e. The minimum Gasteiger partial charge on any atom is -0.381 e. The summed E-state index contributed by atoms with van der Waals surface area (Å²) in [4.78, 5) is 0. The maximum atomic E-state index is 5.68. The van der Waals surface area contributed by atoms with Crippen LogP contribution in [0.1, 0.15) is 26.2 Å². The number of halogens is 1. The molecular formula is C8H18ClNO. The number of nitrogens with two attached hydrogens (primary N) is 1. The van der Waals surface area contributed by atoms with E-state index < -0.39 is 0 Å². The van der Waals surface area contributed by atoms with Crippen molar-refractivity contribution in [3.05, 3.63) is 0 Å². The standard InChI is InChI=1S/C8H17NO.ClH/c1-7(9)6-8-2-4-10-5-3-8;/h7-8H,2-6,9H2,1H3;1H. The molecule has 1 atom stereocenters. The maximum absolute atomic E-state index is 5.68. The highest BCUT2D eigenvalue weighted by Gasteiger charge is 2.14. The zero-order chi connectivity index (χ0) is 7.40. The predicted octanol–water partition coefficient (Wildman–Crippen LogP) is 1.57. The van der Waals surface area contributed by atoms with E-state index in [-0.39, 0.29) is 12.4 Å². The van der Waals surface area contributed by atoms with Gasteiger partial charge in [0.2, 0.25) is 0 Å². The molecule has 1 fully saturated rings. The van der Waals surface area contributed by atoms with Crippen LogP contribution in [0.4, 0.5) is 0 Å². The molecule has 3 heteroatoms. The molecule has 0 aromatic carbocycles. The Kier molecular flexibility index (Phi) is 5.92. The van der Waals surface area contributed by atoms with Crippen molar-refractivity contribution in [2.24, 2.45) is 11.7 Å². The van der Waals surface area contributed by atoms with Gasteiger partial charge >= 0.3 is 0 Å². The van der Waals surface area contributed by atoms with E-state index >= 15 is 0 Å². The van der Waals surface area contributed by atoms with Crippen molar-refractivity contribution in [2.45, 2.75) is 32.2 Å². The molecule has 0 spiro atoms. The first-order chi connectivity index (χ1) is 4.79. The molecule has 2 N–H and O–H groups in total. The molecule has 1 aliphatic rings. The molecule has 1 heterocycles. The lowest BCUT2D eigenvalue weighted by Gasteiger charge is -2.23. The normalized spacial score (nSPS) is 22.4. The topological polar surface area (TPSA) is 35.2 Å². The lowest BCUT2D eigenvalue weighted by atomic mass is 9.93. The molecular weight excluding hydrogens is 162 g/mol. The summed E-state index contributed by atoms with van der Waals surface area (Å²) in [5.41, 5.74) is 5.68. The van der Waals surface area contributed by atoms with Crippen LogP contribution in [-0.4, -0.2) is 19.3 Å². The molecule has 0 amide bonds. The summed E-state index contributed by atoms with van der Waals surface area (Å²) < 4.78 is 5.24. The summed E-state index contributed by atoms with van der Waals surface area (Å²) in [6, 6.07) is 0.364. The molecule has 68 valence electrons. The van der Waals surface area contributed by atoms with Crippen molar-refractivity contribution in [3.8, 4) is 0 Å². The van der Waals surface area contributed by atoms with Crippen molar-refractivity contribution in [3.63, 3.8) is 0 Å². The third kappa shape index (κ3) is 4.62. The molecule has 0 bridgehead atoms. The van der Waals surface area contributed by atoms with Crippen LogP contribution in [0.15, 0.2) is 0 Å². The van der Waals surface area contributed by atoms with Gasteiger partial charge in [-0.3, -0.25) is 0 Å². The average Bonchev–Trinajstić information content (AvgIpc) is 1.88. The van der Waals surface area contributed by atoms with Crippen LogP contribution >= 0.6 is 12.4 Å². The zero-order valence-electron chi connectivity index (χ0n) is 7.08. The minimum atomic E-state index is 0. The molecule has 0 aromatic rings. The van der Waals surface area contributed by atoms with E-state index in [2.05, 4.69) is 6.92 Å². The Balaban J connectivity index is 0.000001000. The van der Waals surface area contributed by atoms with Gasteiger partial charge in [-0.25, -0.2) is 0 Å². The van der Waals surface area contributed by atoms with E-state index in [9.17, 15) is 0 Å². The summed E-state index contributed by atoms with van der Waals surface area (Å²) in [6.07, 6.45) is 3.59. The molecule has 1 rings (SSSR count). The minimum absolute atomic E-state index is 0. The molecule has 0 aliphatic carbocycles. The molecule has 1 unspecified atom stereocenters. The van der Waals surface area contributed by atoms with Crippen LogP contribution in [0, 0.1) is 5.92 Å². The highest BCUT2D eigenvalue weighted by Crippen LogP contribution is 2.18. The second-order valence-corrected chi connectivity index (χ2v) is 3.27. The lowest BCUT2D eigenvalue weighted by Crippen LogP contribution is -2.24. The second-order valence-electron chi connectivity index (χ2n) is 3.27. The smallest absolute Gasteiger partial charge is 0.0468 e. The fourth-order valence-corrected chi connectivity index (χ4v) is 1.51. The molecule has 0 saturated carbocycles. The summed E-state index contributed by atoms with van der Waals surface area (Å²) in [6.45, 7) is 3.96. The van der Waals surface area contributed by atoms with Crippen molar-refractivity contribution >= 4 is 12.4 Å². The van der Waals surface area contributed by atoms with E-state index in [0.717, 1.165) is 19.1 Å². The van der Waals surface area contributed by atoms with Crippen LogP contribution in [0.25, 0.3) is 0 Å².